The summed E-state index contributed by atoms with van der Waals surface area (Å²) in [7, 11) is 0. The predicted molar refractivity (Wildman–Crippen MR) is 399 cm³/mol. The minimum absolute atomic E-state index is 0.390. The third-order valence-corrected chi connectivity index (χ3v) is 19.0. The van der Waals surface area contributed by atoms with Crippen molar-refractivity contribution in [2.45, 2.75) is 269 Å². The molecule has 10 unspecified atom stereocenters. The van der Waals surface area contributed by atoms with Crippen LogP contribution in [0.5, 0.6) is 0 Å². The van der Waals surface area contributed by atoms with Crippen LogP contribution in [0.4, 0.5) is 0 Å². The maximum atomic E-state index is 5.21. The lowest BCUT2D eigenvalue weighted by atomic mass is 10.1. The lowest BCUT2D eigenvalue weighted by Gasteiger charge is -2.02. The summed E-state index contributed by atoms with van der Waals surface area (Å²) in [6.07, 6.45) is 22.9. The molecule has 0 fully saturated rings. The van der Waals surface area contributed by atoms with E-state index in [0.717, 1.165) is 78.8 Å². The van der Waals surface area contributed by atoms with Crippen molar-refractivity contribution in [1.29, 1.82) is 0 Å². The third kappa shape index (κ3) is 34.4. The molecule has 0 saturated carbocycles. The van der Waals surface area contributed by atoms with Gasteiger partial charge < -0.3 is 17.9 Å². The fourth-order valence-corrected chi connectivity index (χ4v) is 9.79. The van der Waals surface area contributed by atoms with E-state index in [9.17, 15) is 0 Å². The van der Waals surface area contributed by atoms with E-state index >= 15 is 0 Å². The molecule has 0 radical (unpaired) electrons. The van der Waals surface area contributed by atoms with Gasteiger partial charge in [0.15, 0.2) is 6.39 Å². The van der Waals surface area contributed by atoms with Gasteiger partial charge in [-0.2, -0.15) is 34.4 Å². The van der Waals surface area contributed by atoms with Crippen LogP contribution < -0.4 is 0 Å². The topological polar surface area (TPSA) is 267 Å². The number of benzene rings is 1. The van der Waals surface area contributed by atoms with E-state index < -0.39 is 0 Å². The van der Waals surface area contributed by atoms with Crippen molar-refractivity contribution in [3.8, 4) is 11.3 Å². The minimum Gasteiger partial charge on any atom is -0.451 e. The molecule has 0 amide bonds. The Morgan fingerprint density at radius 3 is 1.63 bits per heavy atom. The number of rotatable bonds is 21. The molecule has 0 saturated heterocycles. The fraction of sp³-hybridized carbons (Fsp3) is 0.554. The van der Waals surface area contributed by atoms with E-state index in [1.165, 1.54) is 71.1 Å². The molecule has 11 aromatic rings. The third-order valence-electron chi connectivity index (χ3n) is 16.8. The average Bonchev–Trinajstić information content (AvgIpc) is 1.88. The van der Waals surface area contributed by atoms with Crippen LogP contribution in [0.3, 0.4) is 0 Å². The number of nitrogens with one attached hydrogen (secondary N) is 3. The molecule has 11 rings (SSSR count). The zero-order valence-corrected chi connectivity index (χ0v) is 64.5. The first-order chi connectivity index (χ1) is 46.8. The maximum Gasteiger partial charge on any atom is 0.219 e. The number of hydrogen-bond donors (Lipinski definition) is 3. The van der Waals surface area contributed by atoms with Crippen LogP contribution in [-0.2, 0) is 0 Å². The van der Waals surface area contributed by atoms with Gasteiger partial charge in [0.1, 0.15) is 30.4 Å². The molecule has 0 spiro atoms. The highest BCUT2D eigenvalue weighted by Gasteiger charge is 2.12. The predicted octanol–water partition coefficient (Wildman–Crippen LogP) is 22.7. The van der Waals surface area contributed by atoms with Crippen molar-refractivity contribution < 1.29 is 17.9 Å². The van der Waals surface area contributed by atoms with Crippen LogP contribution in [0.25, 0.3) is 11.3 Å². The van der Waals surface area contributed by atoms with Crippen molar-refractivity contribution >= 4 is 34.4 Å². The van der Waals surface area contributed by atoms with Crippen LogP contribution >= 0.6 is 34.4 Å². The quantitative estimate of drug-likeness (QED) is 0.0603. The lowest BCUT2D eigenvalue weighted by Crippen LogP contribution is -1.93. The van der Waals surface area contributed by atoms with Gasteiger partial charge >= 0.3 is 0 Å². The molecule has 0 aliphatic carbocycles. The molecular formula is C74H116N16O4S3. The number of aromatic nitrogens is 16. The Balaban J connectivity index is 0.000000369. The van der Waals surface area contributed by atoms with Crippen molar-refractivity contribution in [2.75, 3.05) is 0 Å². The molecule has 0 aliphatic heterocycles. The van der Waals surface area contributed by atoms with Crippen LogP contribution in [0.1, 0.15) is 324 Å². The molecule has 0 bridgehead atoms. The molecule has 97 heavy (non-hydrogen) atoms. The van der Waals surface area contributed by atoms with Gasteiger partial charge in [0.25, 0.3) is 0 Å². The number of H-pyrrole nitrogens is 3. The van der Waals surface area contributed by atoms with Crippen molar-refractivity contribution in [1.82, 2.24) is 80.0 Å². The van der Waals surface area contributed by atoms with E-state index in [1.54, 1.807) is 67.2 Å². The number of nitrogens with zero attached hydrogens (tertiary/aromatic N) is 13. The number of aryl methyl sites for hydroxylation is 1. The zero-order valence-electron chi connectivity index (χ0n) is 62.1. The summed E-state index contributed by atoms with van der Waals surface area (Å²) in [6, 6.07) is 20.5. The van der Waals surface area contributed by atoms with Crippen molar-refractivity contribution in [2.24, 2.45) is 0 Å². The molecule has 10 aromatic heterocycles. The summed E-state index contributed by atoms with van der Waals surface area (Å²) in [6.45, 7) is 44.9. The summed E-state index contributed by atoms with van der Waals surface area (Å²) in [5.74, 6) is 8.88. The van der Waals surface area contributed by atoms with Gasteiger partial charge in [-0.1, -0.05) is 179 Å². The van der Waals surface area contributed by atoms with E-state index in [0.29, 0.717) is 65.1 Å². The van der Waals surface area contributed by atoms with Crippen molar-refractivity contribution in [3.05, 3.63) is 183 Å². The highest BCUT2D eigenvalue weighted by atomic mass is 32.1. The Morgan fingerprint density at radius 1 is 0.526 bits per heavy atom. The van der Waals surface area contributed by atoms with E-state index in [-0.39, 0.29) is 0 Å². The number of hydrogen-bond acceptors (Lipinski definition) is 20. The first-order valence-corrected chi connectivity index (χ1v) is 37.3. The molecule has 3 N–H and O–H groups in total. The molecule has 10 heterocycles. The Morgan fingerprint density at radius 2 is 1.15 bits per heavy atom. The SMILES string of the molecule is CCC(C)c1cc(-c2ccccc2)ns1.CCC(C)c1ccn[nH]1.CCC(C)c1ccno1.CCC(C)c1ccon1.CCC(C)c1ccsn1.CCC(C)c1cn[nH]n1.CCC(C)c1cocn1.CCC(C)c1cscn1.CCC(C)c1ncn[nH]1.CCC(C)c1nnc(C)o1. The Labute approximate surface area is 592 Å². The Kier molecular flexibility index (Phi) is 45.4. The van der Waals surface area contributed by atoms with Crippen LogP contribution in [0.15, 0.2) is 139 Å². The second kappa shape index (κ2) is 51.6. The normalized spacial score (nSPS) is 13.4. The highest BCUT2D eigenvalue weighted by Crippen LogP contribution is 2.29. The summed E-state index contributed by atoms with van der Waals surface area (Å²) in [4.78, 5) is 13.6. The number of oxazole rings is 1. The van der Waals surface area contributed by atoms with Crippen molar-refractivity contribution in [3.63, 3.8) is 0 Å². The van der Waals surface area contributed by atoms with Gasteiger partial charge in [-0.05, 0) is 129 Å². The molecule has 1 aromatic carbocycles. The van der Waals surface area contributed by atoms with Crippen LogP contribution in [0, 0.1) is 6.92 Å². The van der Waals surface area contributed by atoms with Gasteiger partial charge in [-0.25, -0.2) is 15.0 Å². The van der Waals surface area contributed by atoms with Gasteiger partial charge in [-0.15, -0.1) is 21.5 Å². The molecule has 0 aliphatic rings. The average molecular weight is 1390 g/mol. The first kappa shape index (κ1) is 85.5. The Bertz CT molecular complexity index is 2890. The number of thiazole rings is 1. The number of aromatic amines is 3. The molecule has 23 heteroatoms. The summed E-state index contributed by atoms with van der Waals surface area (Å²) < 4.78 is 28.4. The lowest BCUT2D eigenvalue weighted by molar-refractivity contribution is 0.363. The van der Waals surface area contributed by atoms with Gasteiger partial charge in [-0.3, -0.25) is 10.2 Å². The Hall–Kier alpha value is -7.63. The zero-order chi connectivity index (χ0) is 71.8. The van der Waals surface area contributed by atoms with Crippen LogP contribution in [0.2, 0.25) is 0 Å². The smallest absolute Gasteiger partial charge is 0.219 e. The van der Waals surface area contributed by atoms with Gasteiger partial charge in [0, 0.05) is 87.7 Å². The van der Waals surface area contributed by atoms with Gasteiger partial charge in [0.2, 0.25) is 11.8 Å². The summed E-state index contributed by atoms with van der Waals surface area (Å²) in [5, 5.41) is 42.9. The second-order valence-corrected chi connectivity index (χ2v) is 26.3. The second-order valence-electron chi connectivity index (χ2n) is 24.1. The van der Waals surface area contributed by atoms with Gasteiger partial charge in [0.05, 0.1) is 52.1 Å². The van der Waals surface area contributed by atoms with E-state index in [1.807, 2.05) is 35.2 Å². The monoisotopic (exact) mass is 1390 g/mol. The summed E-state index contributed by atoms with van der Waals surface area (Å²) >= 11 is 4.83. The highest BCUT2D eigenvalue weighted by molar-refractivity contribution is 7.07. The maximum absolute atomic E-state index is 5.21. The fourth-order valence-electron chi connectivity index (χ4n) is 7.62. The standard InChI is InChI=1S/C13H15NS.C7H12N2O.C7H12N2.3C7H11NO.2C7H11NS.2C6H11N3/c1-3-10(2)13-9-12(14-15-13)11-7-5-4-6-8-11;1-4-5(2)7-9-8-6(3)10-7;1-3-6(2)7-4-5-8-9-7;1-3-6(2)7-4-9-5-8-7;1-3-6(2)7-4-5-9-8-7;1-3-6(2)7-4-5-8-9-7;1-3-6(2)7-4-9-5-8-7;1-3-6(2)7-4-5-9-8-7;1-3-5(2)6-7-4-8-9-6;1-3-5(2)6-4-7-9-8-6/h4-10H,3H2,1-2H3;5H,4H2,1-3H3;4-6H,3H2,1-2H3,(H,8,9);5*4-6H,3H2,1-2H3;2*4-5H,3H2,1-2H3,(H,7,8,9). The van der Waals surface area contributed by atoms with E-state index in [4.69, 9.17) is 13.4 Å². The minimum atomic E-state index is 0.390. The molecule has 20 nitrogen and oxygen atoms in total. The largest absolute Gasteiger partial charge is 0.451 e. The first-order valence-electron chi connectivity index (χ1n) is 34.8. The van der Waals surface area contributed by atoms with Crippen LogP contribution in [-0.4, -0.2) is 80.0 Å². The molecule has 534 valence electrons. The van der Waals surface area contributed by atoms with E-state index in [2.05, 4.69) is 265 Å². The summed E-state index contributed by atoms with van der Waals surface area (Å²) in [5.41, 5.74) is 11.1. The molecular weight excluding hydrogens is 1270 g/mol. The molecule has 10 atom stereocenters.